The molecule has 0 saturated heterocycles. The third-order valence-electron chi connectivity index (χ3n) is 5.07. The van der Waals surface area contributed by atoms with E-state index in [1.165, 1.54) is 0 Å². The summed E-state index contributed by atoms with van der Waals surface area (Å²) in [4.78, 5) is 38.6. The molecule has 1 unspecified atom stereocenters. The van der Waals surface area contributed by atoms with E-state index in [0.717, 1.165) is 23.5 Å². The molecule has 0 bridgehead atoms. The average Bonchev–Trinajstić information content (AvgIpc) is 2.85. The lowest BCUT2D eigenvalue weighted by Crippen LogP contribution is -2.37. The second-order valence-corrected chi connectivity index (χ2v) is 10.3. The van der Waals surface area contributed by atoms with Gasteiger partial charge in [0.2, 0.25) is 0 Å². The van der Waals surface area contributed by atoms with Gasteiger partial charge in [-0.3, -0.25) is 14.4 Å². The van der Waals surface area contributed by atoms with E-state index in [-0.39, 0.29) is 40.6 Å². The fraction of sp³-hybridized carbons (Fsp3) is 0.300. The van der Waals surface area contributed by atoms with Gasteiger partial charge in [0.25, 0.3) is 5.91 Å². The average molecular weight is 412 g/mol. The minimum atomic E-state index is -1.39. The van der Waals surface area contributed by atoms with Crippen molar-refractivity contribution in [1.29, 1.82) is 5.26 Å². The van der Waals surface area contributed by atoms with Gasteiger partial charge in [0.1, 0.15) is 0 Å². The molecule has 1 aliphatic carbocycles. The number of nitriles is 1. The molecule has 142 valence electrons. The molecule has 1 saturated carbocycles. The summed E-state index contributed by atoms with van der Waals surface area (Å²) in [6.07, 6.45) is 0.506. The summed E-state index contributed by atoms with van der Waals surface area (Å²) in [5.74, 6) is -0.884. The molecule has 28 heavy (non-hydrogen) atoms. The number of ketones is 2. The van der Waals surface area contributed by atoms with Gasteiger partial charge in [0.15, 0.2) is 16.3 Å². The molecule has 1 aromatic rings. The number of hydrogen-bond acceptors (Lipinski definition) is 7. The van der Waals surface area contributed by atoms with Crippen molar-refractivity contribution >= 4 is 46.7 Å². The Bertz CT molecular complexity index is 1040. The molecule has 8 heteroatoms. The van der Waals surface area contributed by atoms with Gasteiger partial charge in [-0.15, -0.1) is 0 Å². The molecule has 1 spiro atoms. The fourth-order valence-electron chi connectivity index (χ4n) is 3.84. The number of nitrogens with one attached hydrogen (secondary N) is 1. The Kier molecular flexibility index (Phi) is 4.21. The Hall–Kier alpha value is -2.50. The highest BCUT2D eigenvalue weighted by molar-refractivity contribution is 8.25. The van der Waals surface area contributed by atoms with Crippen LogP contribution in [0.5, 0.6) is 0 Å². The molecular weight excluding hydrogens is 394 g/mol. The van der Waals surface area contributed by atoms with Gasteiger partial charge in [-0.25, -0.2) is 0 Å². The molecule has 1 aromatic carbocycles. The predicted molar refractivity (Wildman–Crippen MR) is 109 cm³/mol. The first-order valence-corrected chi connectivity index (χ1v) is 10.3. The van der Waals surface area contributed by atoms with Crippen LogP contribution in [-0.4, -0.2) is 17.5 Å². The Morgan fingerprint density at radius 2 is 1.79 bits per heavy atom. The largest absolute Gasteiger partial charge is 0.392 e. The van der Waals surface area contributed by atoms with Crippen molar-refractivity contribution in [2.24, 2.45) is 11.1 Å². The van der Waals surface area contributed by atoms with Gasteiger partial charge in [0, 0.05) is 24.1 Å². The van der Waals surface area contributed by atoms with Crippen molar-refractivity contribution < 1.29 is 14.4 Å². The summed E-state index contributed by atoms with van der Waals surface area (Å²) in [6, 6.07) is 9.15. The summed E-state index contributed by atoms with van der Waals surface area (Å²) in [5.41, 5.74) is 7.22. The van der Waals surface area contributed by atoms with Crippen LogP contribution >= 0.6 is 23.5 Å². The van der Waals surface area contributed by atoms with Crippen LogP contribution in [0.25, 0.3) is 0 Å². The highest BCUT2D eigenvalue weighted by atomic mass is 32.2. The van der Waals surface area contributed by atoms with Crippen LogP contribution in [0, 0.1) is 16.7 Å². The standard InChI is InChI=1S/C20H17N3O3S2/c1-19(2)7-13(24)15(14(25)8-19)17-27-16(22)11(9-21)20(28-17)10-5-3-4-6-12(10)23-18(20)26/h3-6H,7-8,22H2,1-2H3,(H,23,26). The number of fused-ring (bicyclic) bond motifs is 2. The Balaban J connectivity index is 1.93. The number of para-hydroxylation sites is 1. The number of nitrogens with zero attached hydrogens (tertiary/aromatic N) is 1. The number of carbonyl (C=O) groups excluding carboxylic acids is 3. The van der Waals surface area contributed by atoms with Gasteiger partial charge < -0.3 is 11.1 Å². The van der Waals surface area contributed by atoms with E-state index in [0.29, 0.717) is 15.5 Å². The highest BCUT2D eigenvalue weighted by Gasteiger charge is 2.55. The van der Waals surface area contributed by atoms with Crippen molar-refractivity contribution in [1.82, 2.24) is 0 Å². The topological polar surface area (TPSA) is 113 Å². The normalized spacial score (nSPS) is 26.4. The van der Waals surface area contributed by atoms with E-state index >= 15 is 0 Å². The lowest BCUT2D eigenvalue weighted by Gasteiger charge is -2.35. The number of anilines is 1. The van der Waals surface area contributed by atoms with Crippen LogP contribution in [0.3, 0.4) is 0 Å². The van der Waals surface area contributed by atoms with Crippen LogP contribution in [0.2, 0.25) is 0 Å². The Morgan fingerprint density at radius 3 is 2.43 bits per heavy atom. The zero-order valence-corrected chi connectivity index (χ0v) is 16.9. The molecule has 1 atom stereocenters. The lowest BCUT2D eigenvalue weighted by molar-refractivity contribution is -0.127. The molecule has 6 nitrogen and oxygen atoms in total. The van der Waals surface area contributed by atoms with E-state index in [4.69, 9.17) is 5.73 Å². The number of benzene rings is 1. The van der Waals surface area contributed by atoms with E-state index in [1.54, 1.807) is 24.3 Å². The summed E-state index contributed by atoms with van der Waals surface area (Å²) >= 11 is 2.10. The molecule has 1 fully saturated rings. The molecule has 2 heterocycles. The SMILES string of the molecule is CC1(C)CC(=O)C(=C2SC(N)=C(C#N)C3(S2)C(=O)Nc2ccccc23)C(=O)C1. The molecule has 4 rings (SSSR count). The third kappa shape index (κ3) is 2.61. The number of rotatable bonds is 0. The summed E-state index contributed by atoms with van der Waals surface area (Å²) in [6.45, 7) is 3.77. The van der Waals surface area contributed by atoms with Crippen molar-refractivity contribution in [2.45, 2.75) is 31.4 Å². The minimum Gasteiger partial charge on any atom is -0.392 e. The maximum atomic E-state index is 13.0. The van der Waals surface area contributed by atoms with Crippen LogP contribution in [-0.2, 0) is 19.1 Å². The Morgan fingerprint density at radius 1 is 1.14 bits per heavy atom. The van der Waals surface area contributed by atoms with E-state index < -0.39 is 16.1 Å². The summed E-state index contributed by atoms with van der Waals surface area (Å²) in [5, 5.41) is 12.7. The quantitative estimate of drug-likeness (QED) is 0.498. The second kappa shape index (κ2) is 6.26. The zero-order chi connectivity index (χ0) is 20.3. The van der Waals surface area contributed by atoms with Crippen molar-refractivity contribution in [3.05, 3.63) is 50.2 Å². The monoisotopic (exact) mass is 411 g/mol. The van der Waals surface area contributed by atoms with Gasteiger partial charge >= 0.3 is 0 Å². The van der Waals surface area contributed by atoms with E-state index in [1.807, 2.05) is 13.8 Å². The smallest absolute Gasteiger partial charge is 0.251 e. The molecule has 2 aliphatic heterocycles. The first-order valence-electron chi connectivity index (χ1n) is 8.68. The van der Waals surface area contributed by atoms with Crippen LogP contribution in [0.15, 0.2) is 44.7 Å². The maximum Gasteiger partial charge on any atom is 0.251 e. The molecule has 3 aliphatic rings. The molecule has 0 aromatic heterocycles. The number of amides is 1. The predicted octanol–water partition coefficient (Wildman–Crippen LogP) is 3.18. The second-order valence-electron chi connectivity index (χ2n) is 7.76. The first kappa shape index (κ1) is 18.8. The number of allylic oxidation sites excluding steroid dienone is 1. The van der Waals surface area contributed by atoms with E-state index in [9.17, 15) is 19.6 Å². The first-order chi connectivity index (χ1) is 13.2. The lowest BCUT2D eigenvalue weighted by atomic mass is 9.74. The molecule has 0 radical (unpaired) electrons. The molecule has 3 N–H and O–H groups in total. The van der Waals surface area contributed by atoms with Gasteiger partial charge in [0.05, 0.1) is 26.5 Å². The van der Waals surface area contributed by atoms with Gasteiger partial charge in [-0.05, 0) is 11.5 Å². The number of Topliss-reactive ketones (excluding diaryl/α,β-unsaturated/α-hetero) is 2. The molecular formula is C20H17N3O3S2. The van der Waals surface area contributed by atoms with Crippen LogP contribution in [0.4, 0.5) is 5.69 Å². The van der Waals surface area contributed by atoms with Crippen molar-refractivity contribution in [2.75, 3.05) is 5.32 Å². The third-order valence-corrected chi connectivity index (χ3v) is 7.69. The van der Waals surface area contributed by atoms with Crippen molar-refractivity contribution in [3.8, 4) is 6.07 Å². The van der Waals surface area contributed by atoms with Crippen LogP contribution in [0.1, 0.15) is 32.3 Å². The Labute approximate surface area is 170 Å². The van der Waals surface area contributed by atoms with Gasteiger partial charge in [-0.2, -0.15) is 5.26 Å². The van der Waals surface area contributed by atoms with E-state index in [2.05, 4.69) is 11.4 Å². The summed E-state index contributed by atoms with van der Waals surface area (Å²) in [7, 11) is 0. The number of thioether (sulfide) groups is 2. The number of carbonyl (C=O) groups is 3. The minimum absolute atomic E-state index is 0.103. The number of hydrogen-bond donors (Lipinski definition) is 2. The summed E-state index contributed by atoms with van der Waals surface area (Å²) < 4.78 is -0.995. The van der Waals surface area contributed by atoms with Gasteiger partial charge in [-0.1, -0.05) is 55.6 Å². The number of nitrogens with two attached hydrogens (primary N) is 1. The zero-order valence-electron chi connectivity index (χ0n) is 15.3. The van der Waals surface area contributed by atoms with Crippen LogP contribution < -0.4 is 11.1 Å². The van der Waals surface area contributed by atoms with Crippen molar-refractivity contribution in [3.63, 3.8) is 0 Å². The fourth-order valence-corrected chi connectivity index (χ4v) is 6.85. The maximum absolute atomic E-state index is 13.0. The molecule has 1 amide bonds. The highest BCUT2D eigenvalue weighted by Crippen LogP contribution is 2.61.